The van der Waals surface area contributed by atoms with Crippen LogP contribution in [-0.2, 0) is 10.9 Å². The lowest BCUT2D eigenvalue weighted by Crippen LogP contribution is -2.21. The third-order valence-electron chi connectivity index (χ3n) is 2.43. The number of halogens is 3. The quantitative estimate of drug-likeness (QED) is 0.741. The van der Waals surface area contributed by atoms with Gasteiger partial charge in [0.05, 0.1) is 18.8 Å². The number of alkyl halides is 3. The fraction of sp³-hybridized carbons (Fsp3) is 0.538. The molecule has 0 saturated carbocycles. The van der Waals surface area contributed by atoms with Crippen molar-refractivity contribution in [3.63, 3.8) is 0 Å². The Morgan fingerprint density at radius 3 is 2.53 bits per heavy atom. The zero-order valence-corrected chi connectivity index (χ0v) is 10.8. The highest BCUT2D eigenvalue weighted by molar-refractivity contribution is 5.35. The van der Waals surface area contributed by atoms with Crippen LogP contribution in [0.5, 0.6) is 5.75 Å². The first-order valence-corrected chi connectivity index (χ1v) is 6.04. The first-order chi connectivity index (χ1) is 9.05. The zero-order chi connectivity index (χ0) is 14.1. The Morgan fingerprint density at radius 1 is 1.11 bits per heavy atom. The topological polar surface area (TPSA) is 30.5 Å². The summed E-state index contributed by atoms with van der Waals surface area (Å²) in [6, 6.07) is 5.23. The third-order valence-corrected chi connectivity index (χ3v) is 2.43. The van der Waals surface area contributed by atoms with E-state index in [0.29, 0.717) is 19.6 Å². The van der Waals surface area contributed by atoms with Crippen molar-refractivity contribution < 1.29 is 22.6 Å². The van der Waals surface area contributed by atoms with E-state index in [1.807, 2.05) is 0 Å². The average molecular weight is 277 g/mol. The van der Waals surface area contributed by atoms with Gasteiger partial charge in [0.25, 0.3) is 0 Å². The summed E-state index contributed by atoms with van der Waals surface area (Å²) in [5.41, 5.74) is -0.734. The van der Waals surface area contributed by atoms with E-state index in [-0.39, 0.29) is 12.4 Å². The first-order valence-electron chi connectivity index (χ1n) is 6.04. The molecule has 108 valence electrons. The van der Waals surface area contributed by atoms with Gasteiger partial charge < -0.3 is 14.8 Å². The molecular formula is C13H18F3NO2. The van der Waals surface area contributed by atoms with E-state index in [0.717, 1.165) is 12.6 Å². The highest BCUT2D eigenvalue weighted by Crippen LogP contribution is 2.35. The Kier molecular flexibility index (Phi) is 6.66. The van der Waals surface area contributed by atoms with Crippen molar-refractivity contribution in [3.05, 3.63) is 29.8 Å². The van der Waals surface area contributed by atoms with E-state index in [2.05, 4.69) is 5.32 Å². The van der Waals surface area contributed by atoms with E-state index in [1.54, 1.807) is 7.11 Å². The van der Waals surface area contributed by atoms with Gasteiger partial charge in [0, 0.05) is 13.7 Å². The molecule has 1 aromatic carbocycles. The van der Waals surface area contributed by atoms with Gasteiger partial charge in [-0.15, -0.1) is 0 Å². The van der Waals surface area contributed by atoms with E-state index < -0.39 is 11.7 Å². The molecule has 3 nitrogen and oxygen atoms in total. The number of rotatable bonds is 8. The molecule has 0 amide bonds. The monoisotopic (exact) mass is 277 g/mol. The van der Waals surface area contributed by atoms with Crippen LogP contribution in [0.25, 0.3) is 0 Å². The average Bonchev–Trinajstić information content (AvgIpc) is 2.37. The van der Waals surface area contributed by atoms with E-state index in [1.165, 1.54) is 18.2 Å². The second-order valence-electron chi connectivity index (χ2n) is 3.94. The predicted molar refractivity (Wildman–Crippen MR) is 66.3 cm³/mol. The summed E-state index contributed by atoms with van der Waals surface area (Å²) in [5, 5.41) is 3.09. The number of hydrogen-bond acceptors (Lipinski definition) is 3. The zero-order valence-electron chi connectivity index (χ0n) is 10.8. The highest BCUT2D eigenvalue weighted by atomic mass is 19.4. The maximum absolute atomic E-state index is 12.7. The van der Waals surface area contributed by atoms with Crippen LogP contribution in [0.4, 0.5) is 13.2 Å². The molecule has 1 N–H and O–H groups in total. The molecule has 6 heteroatoms. The second-order valence-corrected chi connectivity index (χ2v) is 3.94. The Balaban J connectivity index is 2.33. The molecule has 0 aliphatic heterocycles. The SMILES string of the molecule is COCCNCCCOc1ccccc1C(F)(F)F. The van der Waals surface area contributed by atoms with Crippen molar-refractivity contribution in [2.45, 2.75) is 12.6 Å². The molecule has 1 rings (SSSR count). The lowest BCUT2D eigenvalue weighted by atomic mass is 10.2. The molecule has 0 aliphatic carbocycles. The molecule has 0 radical (unpaired) electrons. The highest BCUT2D eigenvalue weighted by Gasteiger charge is 2.33. The minimum atomic E-state index is -4.38. The maximum atomic E-state index is 12.7. The standard InChI is InChI=1S/C13H18F3NO2/c1-18-10-8-17-7-4-9-19-12-6-3-2-5-11(12)13(14,15)16/h2-3,5-6,17H,4,7-10H2,1H3. The van der Waals surface area contributed by atoms with Crippen LogP contribution in [-0.4, -0.2) is 33.4 Å². The molecule has 0 bridgehead atoms. The Bertz CT molecular complexity index is 369. The van der Waals surface area contributed by atoms with Gasteiger partial charge in [-0.2, -0.15) is 13.2 Å². The van der Waals surface area contributed by atoms with Gasteiger partial charge in [0.2, 0.25) is 0 Å². The number of methoxy groups -OCH3 is 1. The number of para-hydroxylation sites is 1. The van der Waals surface area contributed by atoms with Gasteiger partial charge in [-0.05, 0) is 25.1 Å². The smallest absolute Gasteiger partial charge is 0.419 e. The Hall–Kier alpha value is -1.27. The molecule has 0 fully saturated rings. The minimum Gasteiger partial charge on any atom is -0.493 e. The van der Waals surface area contributed by atoms with Gasteiger partial charge in [0.15, 0.2) is 0 Å². The van der Waals surface area contributed by atoms with Crippen molar-refractivity contribution >= 4 is 0 Å². The van der Waals surface area contributed by atoms with Crippen LogP contribution in [0.3, 0.4) is 0 Å². The van der Waals surface area contributed by atoms with Gasteiger partial charge in [-0.25, -0.2) is 0 Å². The molecule has 0 atom stereocenters. The van der Waals surface area contributed by atoms with Gasteiger partial charge in [-0.3, -0.25) is 0 Å². The van der Waals surface area contributed by atoms with Crippen molar-refractivity contribution in [1.82, 2.24) is 5.32 Å². The summed E-state index contributed by atoms with van der Waals surface area (Å²) in [7, 11) is 1.61. The van der Waals surface area contributed by atoms with Crippen LogP contribution in [0.15, 0.2) is 24.3 Å². The largest absolute Gasteiger partial charge is 0.493 e. The number of nitrogens with one attached hydrogen (secondary N) is 1. The minimum absolute atomic E-state index is 0.119. The lowest BCUT2D eigenvalue weighted by molar-refractivity contribution is -0.138. The van der Waals surface area contributed by atoms with Crippen molar-refractivity contribution in [1.29, 1.82) is 0 Å². The Labute approximate surface area is 110 Å². The Morgan fingerprint density at radius 2 is 1.84 bits per heavy atom. The molecule has 0 spiro atoms. The molecule has 19 heavy (non-hydrogen) atoms. The molecule has 0 aromatic heterocycles. The summed E-state index contributed by atoms with van der Waals surface area (Å²) in [5.74, 6) is -0.119. The summed E-state index contributed by atoms with van der Waals surface area (Å²) in [4.78, 5) is 0. The molecule has 0 heterocycles. The number of hydrogen-bond donors (Lipinski definition) is 1. The summed E-state index contributed by atoms with van der Waals surface area (Å²) in [6.07, 6.45) is -3.75. The molecule has 0 aliphatic rings. The first kappa shape index (κ1) is 15.8. The summed E-state index contributed by atoms with van der Waals surface area (Å²) >= 11 is 0. The third kappa shape index (κ3) is 5.94. The second kappa shape index (κ2) is 8.01. The van der Waals surface area contributed by atoms with Crippen molar-refractivity contribution in [2.24, 2.45) is 0 Å². The van der Waals surface area contributed by atoms with Crippen molar-refractivity contribution in [3.8, 4) is 5.75 Å². The fourth-order valence-electron chi connectivity index (χ4n) is 1.51. The normalized spacial score (nSPS) is 11.6. The van der Waals surface area contributed by atoms with Crippen LogP contribution in [0, 0.1) is 0 Å². The molecular weight excluding hydrogens is 259 g/mol. The molecule has 0 unspecified atom stereocenters. The predicted octanol–water partition coefficient (Wildman–Crippen LogP) is 2.71. The summed E-state index contributed by atoms with van der Waals surface area (Å²) < 4.78 is 48.0. The number of ether oxygens (including phenoxy) is 2. The van der Waals surface area contributed by atoms with Gasteiger partial charge in [-0.1, -0.05) is 12.1 Å². The lowest BCUT2D eigenvalue weighted by Gasteiger charge is -2.13. The molecule has 1 aromatic rings. The maximum Gasteiger partial charge on any atom is 0.419 e. The van der Waals surface area contributed by atoms with Crippen LogP contribution < -0.4 is 10.1 Å². The van der Waals surface area contributed by atoms with E-state index >= 15 is 0 Å². The molecule has 0 saturated heterocycles. The number of benzene rings is 1. The van der Waals surface area contributed by atoms with Crippen LogP contribution in [0.1, 0.15) is 12.0 Å². The van der Waals surface area contributed by atoms with E-state index in [9.17, 15) is 13.2 Å². The fourth-order valence-corrected chi connectivity index (χ4v) is 1.51. The van der Waals surface area contributed by atoms with E-state index in [4.69, 9.17) is 9.47 Å². The van der Waals surface area contributed by atoms with Crippen LogP contribution >= 0.6 is 0 Å². The van der Waals surface area contributed by atoms with Gasteiger partial charge >= 0.3 is 6.18 Å². The van der Waals surface area contributed by atoms with Crippen molar-refractivity contribution in [2.75, 3.05) is 33.4 Å². The van der Waals surface area contributed by atoms with Gasteiger partial charge in [0.1, 0.15) is 5.75 Å². The van der Waals surface area contributed by atoms with Crippen LogP contribution in [0.2, 0.25) is 0 Å². The summed E-state index contributed by atoms with van der Waals surface area (Å²) in [6.45, 7) is 2.25.